The van der Waals surface area contributed by atoms with E-state index in [0.717, 1.165) is 18.4 Å². The Morgan fingerprint density at radius 3 is 2.52 bits per heavy atom. The average Bonchev–Trinajstić information content (AvgIpc) is 3.39. The fourth-order valence-corrected chi connectivity index (χ4v) is 3.55. The highest BCUT2D eigenvalue weighted by Crippen LogP contribution is 2.26. The third-order valence-corrected chi connectivity index (χ3v) is 5.04. The van der Waals surface area contributed by atoms with Crippen LogP contribution in [-0.2, 0) is 20.7 Å². The first-order valence-electron chi connectivity index (χ1n) is 9.22. The predicted molar refractivity (Wildman–Crippen MR) is 105 cm³/mol. The second kappa shape index (κ2) is 11.7. The highest BCUT2D eigenvalue weighted by Gasteiger charge is 2.39. The summed E-state index contributed by atoms with van der Waals surface area (Å²) in [4.78, 5) is 31.8. The van der Waals surface area contributed by atoms with E-state index in [1.54, 1.807) is 30.4 Å². The molecule has 0 unspecified atom stereocenters. The van der Waals surface area contributed by atoms with Crippen molar-refractivity contribution >= 4 is 23.2 Å². The van der Waals surface area contributed by atoms with Gasteiger partial charge in [0, 0.05) is 31.4 Å². The Morgan fingerprint density at radius 2 is 1.97 bits per heavy atom. The molecular weight excluding hydrogens is 439 g/mol. The zero-order chi connectivity index (χ0) is 22.9. The number of hydrogen-bond donors (Lipinski definition) is 1. The van der Waals surface area contributed by atoms with Crippen LogP contribution in [0, 0.1) is 0 Å². The zero-order valence-corrected chi connectivity index (χ0v) is 17.4. The highest BCUT2D eigenvalue weighted by atomic mass is 32.1. The smallest absolute Gasteiger partial charge is 0.475 e. The number of likely N-dealkylation sites (tertiary alicyclic amines) is 1. The lowest BCUT2D eigenvalue weighted by Gasteiger charge is -2.28. The molecule has 0 bridgehead atoms. The minimum atomic E-state index is -5.08. The molecule has 12 heteroatoms. The van der Waals surface area contributed by atoms with Gasteiger partial charge in [-0.15, -0.1) is 11.3 Å². The molecule has 3 rings (SSSR count). The number of carboxylic acids is 1. The number of amides is 1. The standard InChI is InChI=1S/C17H21N3O3S.C2HF3O2/c1-22-8-9-23-16-4-7-20(17(21)14-11-24-12-19-14)15(16)10-13-2-5-18-6-3-13;3-2(4,5)1(6)7/h2-3,5-6,11-12,15-16H,4,7-10H2,1H3;(H,6,7)/t15-,16+;/m0./s1. The lowest BCUT2D eigenvalue weighted by atomic mass is 10.0. The van der Waals surface area contributed by atoms with Crippen LogP contribution in [0.4, 0.5) is 13.2 Å². The van der Waals surface area contributed by atoms with Crippen molar-refractivity contribution in [2.45, 2.75) is 31.2 Å². The van der Waals surface area contributed by atoms with Crippen molar-refractivity contribution in [3.63, 3.8) is 0 Å². The molecule has 0 aliphatic carbocycles. The van der Waals surface area contributed by atoms with Crippen molar-refractivity contribution in [1.29, 1.82) is 0 Å². The van der Waals surface area contributed by atoms with Gasteiger partial charge in [-0.3, -0.25) is 9.78 Å². The monoisotopic (exact) mass is 461 g/mol. The van der Waals surface area contributed by atoms with Crippen LogP contribution in [0.5, 0.6) is 0 Å². The van der Waals surface area contributed by atoms with E-state index in [0.29, 0.717) is 25.5 Å². The van der Waals surface area contributed by atoms with Crippen LogP contribution in [-0.4, -0.2) is 77.0 Å². The molecule has 0 spiro atoms. The summed E-state index contributed by atoms with van der Waals surface area (Å²) >= 11 is 1.43. The Labute approximate surface area is 180 Å². The number of carbonyl (C=O) groups excluding carboxylic acids is 1. The van der Waals surface area contributed by atoms with Crippen molar-refractivity contribution in [2.75, 3.05) is 26.9 Å². The Morgan fingerprint density at radius 1 is 1.29 bits per heavy atom. The normalized spacial score (nSPS) is 18.4. The molecule has 170 valence electrons. The van der Waals surface area contributed by atoms with Gasteiger partial charge in [0.25, 0.3) is 5.91 Å². The Kier molecular flexibility index (Phi) is 9.34. The summed E-state index contributed by atoms with van der Waals surface area (Å²) in [6.07, 6.45) is 0.0525. The fourth-order valence-electron chi connectivity index (χ4n) is 3.02. The van der Waals surface area contributed by atoms with Gasteiger partial charge in [0.1, 0.15) is 5.69 Å². The highest BCUT2D eigenvalue weighted by molar-refractivity contribution is 7.07. The number of ether oxygens (including phenoxy) is 2. The van der Waals surface area contributed by atoms with E-state index in [2.05, 4.69) is 9.97 Å². The SMILES string of the molecule is COCCO[C@@H]1CCN(C(=O)c2cscn2)[C@H]1Cc1ccncc1.O=C(O)C(F)(F)F. The number of aromatic nitrogens is 2. The molecule has 2 aromatic heterocycles. The largest absolute Gasteiger partial charge is 0.490 e. The number of pyridine rings is 1. The minimum Gasteiger partial charge on any atom is -0.475 e. The zero-order valence-electron chi connectivity index (χ0n) is 16.6. The van der Waals surface area contributed by atoms with Crippen molar-refractivity contribution in [1.82, 2.24) is 14.9 Å². The molecule has 1 aliphatic rings. The van der Waals surface area contributed by atoms with Crippen LogP contribution >= 0.6 is 11.3 Å². The summed E-state index contributed by atoms with van der Waals surface area (Å²) < 4.78 is 42.8. The van der Waals surface area contributed by atoms with Crippen LogP contribution in [0.2, 0.25) is 0 Å². The van der Waals surface area contributed by atoms with Crippen molar-refractivity contribution in [3.05, 3.63) is 46.7 Å². The van der Waals surface area contributed by atoms with Gasteiger partial charge in [-0.05, 0) is 30.5 Å². The summed E-state index contributed by atoms with van der Waals surface area (Å²) in [6, 6.07) is 3.96. The van der Waals surface area contributed by atoms with E-state index in [-0.39, 0.29) is 18.1 Å². The van der Waals surface area contributed by atoms with E-state index < -0.39 is 12.1 Å². The molecule has 0 saturated carbocycles. The van der Waals surface area contributed by atoms with Crippen molar-refractivity contribution < 1.29 is 37.3 Å². The predicted octanol–water partition coefficient (Wildman–Crippen LogP) is 2.66. The molecule has 0 aromatic carbocycles. The number of carbonyl (C=O) groups is 2. The third kappa shape index (κ3) is 7.56. The molecule has 1 fully saturated rings. The van der Waals surface area contributed by atoms with Gasteiger partial charge in [0.15, 0.2) is 0 Å². The maximum atomic E-state index is 12.8. The Balaban J connectivity index is 0.000000423. The Bertz CT molecular complexity index is 821. The number of aliphatic carboxylic acids is 1. The van der Waals surface area contributed by atoms with E-state index in [1.165, 1.54) is 11.3 Å². The first-order chi connectivity index (χ1) is 14.7. The number of nitrogens with zero attached hydrogens (tertiary/aromatic N) is 3. The quantitative estimate of drug-likeness (QED) is 0.633. The Hall–Kier alpha value is -2.57. The van der Waals surface area contributed by atoms with Crippen LogP contribution in [0.1, 0.15) is 22.5 Å². The molecule has 1 saturated heterocycles. The minimum absolute atomic E-state index is 0.00143. The summed E-state index contributed by atoms with van der Waals surface area (Å²) in [5, 5.41) is 8.92. The van der Waals surface area contributed by atoms with E-state index in [4.69, 9.17) is 19.4 Å². The summed E-state index contributed by atoms with van der Waals surface area (Å²) in [5.41, 5.74) is 3.35. The van der Waals surface area contributed by atoms with Gasteiger partial charge in [0.2, 0.25) is 0 Å². The van der Waals surface area contributed by atoms with Gasteiger partial charge in [-0.1, -0.05) is 0 Å². The first kappa shape index (κ1) is 24.7. The molecule has 1 amide bonds. The average molecular weight is 461 g/mol. The molecular formula is C19H22F3N3O5S. The van der Waals surface area contributed by atoms with Crippen LogP contribution < -0.4 is 0 Å². The molecule has 1 N–H and O–H groups in total. The number of rotatable bonds is 7. The van der Waals surface area contributed by atoms with E-state index in [9.17, 15) is 18.0 Å². The van der Waals surface area contributed by atoms with Crippen molar-refractivity contribution in [2.24, 2.45) is 0 Å². The third-order valence-electron chi connectivity index (χ3n) is 4.45. The summed E-state index contributed by atoms with van der Waals surface area (Å²) in [7, 11) is 1.66. The van der Waals surface area contributed by atoms with E-state index in [1.807, 2.05) is 17.0 Å². The van der Waals surface area contributed by atoms with Gasteiger partial charge < -0.3 is 19.5 Å². The van der Waals surface area contributed by atoms with E-state index >= 15 is 0 Å². The molecule has 3 heterocycles. The number of hydrogen-bond acceptors (Lipinski definition) is 7. The lowest BCUT2D eigenvalue weighted by molar-refractivity contribution is -0.192. The molecule has 0 radical (unpaired) electrons. The molecule has 2 atom stereocenters. The second-order valence-corrected chi connectivity index (χ2v) is 7.21. The fraction of sp³-hybridized carbons (Fsp3) is 0.474. The lowest BCUT2D eigenvalue weighted by Crippen LogP contribution is -2.42. The van der Waals surface area contributed by atoms with Crippen molar-refractivity contribution in [3.8, 4) is 0 Å². The molecule has 1 aliphatic heterocycles. The number of thiazole rings is 1. The molecule has 8 nitrogen and oxygen atoms in total. The maximum absolute atomic E-state index is 12.8. The molecule has 31 heavy (non-hydrogen) atoms. The number of halogens is 3. The topological polar surface area (TPSA) is 102 Å². The number of carboxylic acid groups (broad SMARTS) is 1. The number of alkyl halides is 3. The van der Waals surface area contributed by atoms with Gasteiger partial charge in [-0.2, -0.15) is 13.2 Å². The summed E-state index contributed by atoms with van der Waals surface area (Å²) in [5.74, 6) is -2.78. The maximum Gasteiger partial charge on any atom is 0.490 e. The first-order valence-corrected chi connectivity index (χ1v) is 10.2. The van der Waals surface area contributed by atoms with Crippen LogP contribution in [0.3, 0.4) is 0 Å². The second-order valence-electron chi connectivity index (χ2n) is 6.49. The summed E-state index contributed by atoms with van der Waals surface area (Å²) in [6.45, 7) is 1.77. The van der Waals surface area contributed by atoms with Gasteiger partial charge in [-0.25, -0.2) is 9.78 Å². The van der Waals surface area contributed by atoms with Gasteiger partial charge >= 0.3 is 12.1 Å². The van der Waals surface area contributed by atoms with Gasteiger partial charge in [0.05, 0.1) is 30.9 Å². The molecule has 2 aromatic rings. The van der Waals surface area contributed by atoms with Crippen LogP contribution in [0.25, 0.3) is 0 Å². The van der Waals surface area contributed by atoms with Crippen LogP contribution in [0.15, 0.2) is 35.4 Å². The number of methoxy groups -OCH3 is 1.